The van der Waals surface area contributed by atoms with Gasteiger partial charge in [0.1, 0.15) is 0 Å². The fourth-order valence-corrected chi connectivity index (χ4v) is 3.03. The number of alkyl halides is 3. The fraction of sp³-hybridized carbons (Fsp3) is 0.611. The fourth-order valence-electron chi connectivity index (χ4n) is 3.03. The van der Waals surface area contributed by atoms with Gasteiger partial charge < -0.3 is 10.6 Å². The lowest BCUT2D eigenvalue weighted by molar-refractivity contribution is -0.124. The van der Waals surface area contributed by atoms with E-state index >= 15 is 0 Å². The van der Waals surface area contributed by atoms with Gasteiger partial charge in [0, 0.05) is 11.6 Å². The van der Waals surface area contributed by atoms with Crippen molar-refractivity contribution in [1.82, 2.24) is 10.6 Å². The number of carbonyl (C=O) groups is 1. The van der Waals surface area contributed by atoms with Gasteiger partial charge in [-0.3, -0.25) is 4.79 Å². The standard InChI is InChI=1S/C18H25F3N2O/c19-18(20,21)13-22-11-5-7-14-6-4-8-15(12-14)17(24)23-16-9-2-1-3-10-16/h4,6,8,12,16,22H,1-3,5,7,9-11,13H2,(H,23,24). The molecule has 1 amide bonds. The molecular formula is C18H25F3N2O. The van der Waals surface area contributed by atoms with Gasteiger partial charge in [-0.25, -0.2) is 0 Å². The number of hydrogen-bond acceptors (Lipinski definition) is 2. The highest BCUT2D eigenvalue weighted by atomic mass is 19.4. The number of benzene rings is 1. The predicted molar refractivity (Wildman–Crippen MR) is 88.0 cm³/mol. The molecule has 1 aromatic rings. The van der Waals surface area contributed by atoms with E-state index in [0.29, 0.717) is 24.9 Å². The summed E-state index contributed by atoms with van der Waals surface area (Å²) in [7, 11) is 0. The van der Waals surface area contributed by atoms with E-state index in [4.69, 9.17) is 0 Å². The van der Waals surface area contributed by atoms with E-state index < -0.39 is 12.7 Å². The molecule has 0 heterocycles. The maximum Gasteiger partial charge on any atom is 0.401 e. The lowest BCUT2D eigenvalue weighted by Gasteiger charge is -2.22. The summed E-state index contributed by atoms with van der Waals surface area (Å²) >= 11 is 0. The molecule has 1 aromatic carbocycles. The Morgan fingerprint density at radius 2 is 1.92 bits per heavy atom. The average molecular weight is 342 g/mol. The number of halogens is 3. The summed E-state index contributed by atoms with van der Waals surface area (Å²) < 4.78 is 36.1. The molecule has 6 heteroatoms. The van der Waals surface area contributed by atoms with Gasteiger partial charge in [0.25, 0.3) is 5.91 Å². The molecule has 3 nitrogen and oxygen atoms in total. The number of carbonyl (C=O) groups excluding carboxylic acids is 1. The van der Waals surface area contributed by atoms with Crippen molar-refractivity contribution in [3.05, 3.63) is 35.4 Å². The smallest absolute Gasteiger partial charge is 0.349 e. The van der Waals surface area contributed by atoms with Crippen LogP contribution >= 0.6 is 0 Å². The molecular weight excluding hydrogens is 317 g/mol. The number of rotatable bonds is 7. The zero-order valence-electron chi connectivity index (χ0n) is 13.8. The summed E-state index contributed by atoms with van der Waals surface area (Å²) in [6.45, 7) is -0.658. The second-order valence-electron chi connectivity index (χ2n) is 6.40. The van der Waals surface area contributed by atoms with Gasteiger partial charge in [0.05, 0.1) is 6.54 Å². The molecule has 2 N–H and O–H groups in total. The van der Waals surface area contributed by atoms with Crippen LogP contribution in [0.15, 0.2) is 24.3 Å². The molecule has 0 aliphatic heterocycles. The number of amides is 1. The van der Waals surface area contributed by atoms with E-state index in [2.05, 4.69) is 10.6 Å². The predicted octanol–water partition coefficient (Wildman–Crippen LogP) is 3.83. The first kappa shape index (κ1) is 18.8. The third-order valence-electron chi connectivity index (χ3n) is 4.27. The van der Waals surface area contributed by atoms with E-state index in [-0.39, 0.29) is 11.9 Å². The van der Waals surface area contributed by atoms with E-state index in [1.54, 1.807) is 6.07 Å². The van der Waals surface area contributed by atoms with E-state index in [1.165, 1.54) is 6.42 Å². The Bertz CT molecular complexity index is 525. The van der Waals surface area contributed by atoms with Gasteiger partial charge in [-0.15, -0.1) is 0 Å². The van der Waals surface area contributed by atoms with Crippen molar-refractivity contribution in [3.63, 3.8) is 0 Å². The highest BCUT2D eigenvalue weighted by Crippen LogP contribution is 2.18. The summed E-state index contributed by atoms with van der Waals surface area (Å²) in [6.07, 6.45) is 2.72. The van der Waals surface area contributed by atoms with Gasteiger partial charge in [-0.1, -0.05) is 31.4 Å². The van der Waals surface area contributed by atoms with Crippen LogP contribution in [0.2, 0.25) is 0 Å². The van der Waals surface area contributed by atoms with Crippen LogP contribution in [0.25, 0.3) is 0 Å². The van der Waals surface area contributed by atoms with E-state index in [9.17, 15) is 18.0 Å². The van der Waals surface area contributed by atoms with Crippen LogP contribution in [-0.4, -0.2) is 31.2 Å². The first-order valence-electron chi connectivity index (χ1n) is 8.61. The number of nitrogens with one attached hydrogen (secondary N) is 2. The largest absolute Gasteiger partial charge is 0.401 e. The molecule has 134 valence electrons. The van der Waals surface area contributed by atoms with E-state index in [0.717, 1.165) is 31.2 Å². The molecule has 0 aromatic heterocycles. The summed E-state index contributed by atoms with van der Waals surface area (Å²) in [5.41, 5.74) is 1.60. The molecule has 0 radical (unpaired) electrons. The van der Waals surface area contributed by atoms with Gasteiger partial charge in [-0.2, -0.15) is 13.2 Å². The van der Waals surface area contributed by atoms with Crippen LogP contribution < -0.4 is 10.6 Å². The third-order valence-corrected chi connectivity index (χ3v) is 4.27. The van der Waals surface area contributed by atoms with Gasteiger partial charge in [0.2, 0.25) is 0 Å². The number of aryl methyl sites for hydroxylation is 1. The second-order valence-corrected chi connectivity index (χ2v) is 6.40. The van der Waals surface area contributed by atoms with Crippen molar-refractivity contribution < 1.29 is 18.0 Å². The van der Waals surface area contributed by atoms with Crippen LogP contribution in [0.1, 0.15) is 54.4 Å². The molecule has 0 bridgehead atoms. The molecule has 1 aliphatic rings. The summed E-state index contributed by atoms with van der Waals surface area (Å²) in [6, 6.07) is 7.61. The Balaban J connectivity index is 1.77. The molecule has 1 fully saturated rings. The van der Waals surface area contributed by atoms with Crippen molar-refractivity contribution in [2.24, 2.45) is 0 Å². The Morgan fingerprint density at radius 1 is 1.17 bits per heavy atom. The SMILES string of the molecule is O=C(NC1CCCCC1)c1cccc(CCCNCC(F)(F)F)c1. The maximum absolute atomic E-state index is 12.3. The Labute approximate surface area is 141 Å². The van der Waals surface area contributed by atoms with Crippen LogP contribution in [0.4, 0.5) is 13.2 Å². The first-order valence-corrected chi connectivity index (χ1v) is 8.61. The van der Waals surface area contributed by atoms with Gasteiger partial charge in [-0.05, 0) is 49.9 Å². The molecule has 1 aliphatic carbocycles. The number of hydrogen-bond donors (Lipinski definition) is 2. The van der Waals surface area contributed by atoms with Crippen molar-refractivity contribution >= 4 is 5.91 Å². The molecule has 0 unspecified atom stereocenters. The van der Waals surface area contributed by atoms with Crippen molar-refractivity contribution in [3.8, 4) is 0 Å². The van der Waals surface area contributed by atoms with E-state index in [1.807, 2.05) is 18.2 Å². The molecule has 0 atom stereocenters. The summed E-state index contributed by atoms with van der Waals surface area (Å²) in [4.78, 5) is 12.3. The molecule has 24 heavy (non-hydrogen) atoms. The van der Waals surface area contributed by atoms with Crippen molar-refractivity contribution in [1.29, 1.82) is 0 Å². The Kier molecular flexibility index (Phi) is 7.09. The minimum Gasteiger partial charge on any atom is -0.349 e. The minimum absolute atomic E-state index is 0.0565. The lowest BCUT2D eigenvalue weighted by atomic mass is 9.95. The van der Waals surface area contributed by atoms with Crippen LogP contribution in [0, 0.1) is 0 Å². The average Bonchev–Trinajstić information content (AvgIpc) is 2.55. The maximum atomic E-state index is 12.3. The second kappa shape index (κ2) is 9.06. The van der Waals surface area contributed by atoms with Crippen molar-refractivity contribution in [2.75, 3.05) is 13.1 Å². The van der Waals surface area contributed by atoms with Crippen LogP contribution in [0.5, 0.6) is 0 Å². The third kappa shape index (κ3) is 6.91. The molecule has 2 rings (SSSR count). The van der Waals surface area contributed by atoms with Crippen LogP contribution in [0.3, 0.4) is 0 Å². The highest BCUT2D eigenvalue weighted by molar-refractivity contribution is 5.94. The zero-order chi connectivity index (χ0) is 17.4. The molecule has 0 saturated heterocycles. The normalized spacial score (nSPS) is 16.1. The van der Waals surface area contributed by atoms with Gasteiger partial charge >= 0.3 is 6.18 Å². The van der Waals surface area contributed by atoms with Crippen LogP contribution in [-0.2, 0) is 6.42 Å². The summed E-state index contributed by atoms with van der Waals surface area (Å²) in [5, 5.41) is 5.46. The lowest BCUT2D eigenvalue weighted by Crippen LogP contribution is -2.36. The highest BCUT2D eigenvalue weighted by Gasteiger charge is 2.25. The topological polar surface area (TPSA) is 41.1 Å². The zero-order valence-corrected chi connectivity index (χ0v) is 13.8. The molecule has 0 spiro atoms. The van der Waals surface area contributed by atoms with Gasteiger partial charge in [0.15, 0.2) is 0 Å². The Morgan fingerprint density at radius 3 is 2.62 bits per heavy atom. The first-order chi connectivity index (χ1) is 11.4. The summed E-state index contributed by atoms with van der Waals surface area (Å²) in [5.74, 6) is -0.0565. The monoisotopic (exact) mass is 342 g/mol. The minimum atomic E-state index is -4.17. The van der Waals surface area contributed by atoms with Crippen molar-refractivity contribution in [2.45, 2.75) is 57.2 Å². The quantitative estimate of drug-likeness (QED) is 0.740. The Hall–Kier alpha value is -1.56. The molecule has 1 saturated carbocycles.